The van der Waals surface area contributed by atoms with E-state index >= 15 is 0 Å². The molecule has 1 aromatic rings. The first kappa shape index (κ1) is 10.7. The molecule has 1 unspecified atom stereocenters. The second kappa shape index (κ2) is 3.97. The quantitative estimate of drug-likeness (QED) is 0.822. The van der Waals surface area contributed by atoms with Crippen LogP contribution in [0, 0.1) is 0 Å². The second-order valence-corrected chi connectivity index (χ2v) is 4.60. The lowest BCUT2D eigenvalue weighted by Gasteiger charge is -2.35. The number of imidazole rings is 1. The first-order valence-corrected chi connectivity index (χ1v) is 6.00. The van der Waals surface area contributed by atoms with Crippen molar-refractivity contribution < 1.29 is 0 Å². The minimum absolute atomic E-state index is 0.124. The lowest BCUT2D eigenvalue weighted by molar-refractivity contribution is 0.311. The fourth-order valence-corrected chi connectivity index (χ4v) is 2.49. The molecule has 0 aromatic carbocycles. The Morgan fingerprint density at radius 3 is 3.00 bits per heavy atom. The predicted molar refractivity (Wildman–Crippen MR) is 61.9 cm³/mol. The molecule has 1 aliphatic heterocycles. The van der Waals surface area contributed by atoms with Crippen molar-refractivity contribution in [3.05, 3.63) is 17.7 Å². The van der Waals surface area contributed by atoms with Crippen molar-refractivity contribution in [3.63, 3.8) is 0 Å². The summed E-state index contributed by atoms with van der Waals surface area (Å²) in [4.78, 5) is 4.54. The highest BCUT2D eigenvalue weighted by molar-refractivity contribution is 5.25. The highest BCUT2D eigenvalue weighted by Gasteiger charge is 2.33. The zero-order chi connectivity index (χ0) is 10.9. The van der Waals surface area contributed by atoms with Crippen LogP contribution in [-0.4, -0.2) is 16.1 Å². The van der Waals surface area contributed by atoms with Gasteiger partial charge in [0.15, 0.2) is 0 Å². The van der Waals surface area contributed by atoms with Gasteiger partial charge in [-0.1, -0.05) is 13.8 Å². The van der Waals surface area contributed by atoms with Gasteiger partial charge in [-0.05, 0) is 19.8 Å². The molecule has 2 heterocycles. The van der Waals surface area contributed by atoms with Crippen LogP contribution in [0.25, 0.3) is 0 Å². The van der Waals surface area contributed by atoms with E-state index in [1.165, 1.54) is 17.8 Å². The molecule has 0 aliphatic carbocycles. The number of aryl methyl sites for hydroxylation is 1. The van der Waals surface area contributed by atoms with Crippen molar-refractivity contribution in [3.8, 4) is 0 Å². The molecule has 84 valence electrons. The van der Waals surface area contributed by atoms with E-state index in [4.69, 9.17) is 0 Å². The Morgan fingerprint density at radius 2 is 2.33 bits per heavy atom. The molecule has 1 N–H and O–H groups in total. The van der Waals surface area contributed by atoms with E-state index in [1.54, 1.807) is 0 Å². The Kier molecular flexibility index (Phi) is 2.83. The zero-order valence-corrected chi connectivity index (χ0v) is 10.0. The van der Waals surface area contributed by atoms with Crippen molar-refractivity contribution in [1.29, 1.82) is 0 Å². The molecule has 15 heavy (non-hydrogen) atoms. The maximum atomic E-state index is 4.54. The van der Waals surface area contributed by atoms with Crippen LogP contribution >= 0.6 is 0 Å². The lowest BCUT2D eigenvalue weighted by Crippen LogP contribution is -2.45. The van der Waals surface area contributed by atoms with Gasteiger partial charge in [0.05, 0.1) is 23.3 Å². The van der Waals surface area contributed by atoms with Crippen molar-refractivity contribution in [1.82, 2.24) is 14.9 Å². The average Bonchev–Trinajstić information content (AvgIpc) is 2.64. The number of nitrogens with zero attached hydrogens (tertiary/aromatic N) is 2. The molecule has 0 spiro atoms. The van der Waals surface area contributed by atoms with Crippen LogP contribution in [-0.2, 0) is 18.5 Å². The molecular formula is C12H21N3. The molecule has 3 heteroatoms. The van der Waals surface area contributed by atoms with Gasteiger partial charge in [-0.15, -0.1) is 0 Å². The number of nitrogens with one attached hydrogen (secondary N) is 1. The van der Waals surface area contributed by atoms with Gasteiger partial charge in [-0.2, -0.15) is 0 Å². The molecule has 0 bridgehead atoms. The number of hydrogen-bond acceptors (Lipinski definition) is 2. The zero-order valence-electron chi connectivity index (χ0n) is 10.0. The second-order valence-electron chi connectivity index (χ2n) is 4.60. The van der Waals surface area contributed by atoms with E-state index in [9.17, 15) is 0 Å². The molecule has 1 aromatic heterocycles. The summed E-state index contributed by atoms with van der Waals surface area (Å²) >= 11 is 0. The van der Waals surface area contributed by atoms with E-state index in [1.807, 2.05) is 6.33 Å². The monoisotopic (exact) mass is 207 g/mol. The van der Waals surface area contributed by atoms with Gasteiger partial charge in [0, 0.05) is 19.5 Å². The number of aromatic nitrogens is 2. The maximum Gasteiger partial charge on any atom is 0.0952 e. The molecule has 0 amide bonds. The number of hydrogen-bond donors (Lipinski definition) is 1. The summed E-state index contributed by atoms with van der Waals surface area (Å²) < 4.78 is 2.32. The fourth-order valence-electron chi connectivity index (χ4n) is 2.49. The predicted octanol–water partition coefficient (Wildman–Crippen LogP) is 2.06. The normalized spacial score (nSPS) is 25.3. The van der Waals surface area contributed by atoms with E-state index in [0.29, 0.717) is 0 Å². The number of rotatable bonds is 3. The Morgan fingerprint density at radius 1 is 1.53 bits per heavy atom. The Labute approximate surface area is 91.9 Å². The summed E-state index contributed by atoms with van der Waals surface area (Å²) in [5.41, 5.74) is 2.84. The van der Waals surface area contributed by atoms with E-state index in [0.717, 1.165) is 25.9 Å². The van der Waals surface area contributed by atoms with Gasteiger partial charge in [0.1, 0.15) is 0 Å². The van der Waals surface area contributed by atoms with E-state index in [2.05, 4.69) is 35.6 Å². The molecule has 0 saturated heterocycles. The van der Waals surface area contributed by atoms with E-state index in [-0.39, 0.29) is 5.54 Å². The summed E-state index contributed by atoms with van der Waals surface area (Å²) in [5, 5.41) is 3.63. The van der Waals surface area contributed by atoms with Crippen molar-refractivity contribution >= 4 is 0 Å². The Balaban J connectivity index is 2.42. The first-order chi connectivity index (χ1) is 7.21. The van der Waals surface area contributed by atoms with Crippen molar-refractivity contribution in [2.24, 2.45) is 0 Å². The smallest absolute Gasteiger partial charge is 0.0952 e. The SMILES string of the molecule is CCCn1cnc2c1C(C)(CC)NCC2. The van der Waals surface area contributed by atoms with Gasteiger partial charge in [-0.25, -0.2) is 4.98 Å². The van der Waals surface area contributed by atoms with Crippen LogP contribution in [0.3, 0.4) is 0 Å². The fraction of sp³-hybridized carbons (Fsp3) is 0.750. The summed E-state index contributed by atoms with van der Waals surface area (Å²) in [7, 11) is 0. The van der Waals surface area contributed by atoms with Crippen LogP contribution in [0.4, 0.5) is 0 Å². The molecular weight excluding hydrogens is 186 g/mol. The minimum Gasteiger partial charge on any atom is -0.333 e. The lowest BCUT2D eigenvalue weighted by atomic mass is 9.88. The van der Waals surface area contributed by atoms with Crippen LogP contribution in [0.1, 0.15) is 45.0 Å². The molecule has 0 radical (unpaired) electrons. The van der Waals surface area contributed by atoms with E-state index < -0.39 is 0 Å². The summed E-state index contributed by atoms with van der Waals surface area (Å²) in [6.07, 6.45) is 5.37. The molecule has 1 aliphatic rings. The maximum absolute atomic E-state index is 4.54. The molecule has 0 saturated carbocycles. The summed E-state index contributed by atoms with van der Waals surface area (Å²) in [5.74, 6) is 0. The largest absolute Gasteiger partial charge is 0.333 e. The summed E-state index contributed by atoms with van der Waals surface area (Å²) in [6, 6.07) is 0. The molecule has 3 nitrogen and oxygen atoms in total. The highest BCUT2D eigenvalue weighted by atomic mass is 15.1. The molecule has 0 fully saturated rings. The topological polar surface area (TPSA) is 29.9 Å². The van der Waals surface area contributed by atoms with Gasteiger partial charge in [0.25, 0.3) is 0 Å². The highest BCUT2D eigenvalue weighted by Crippen LogP contribution is 2.30. The third-order valence-electron chi connectivity index (χ3n) is 3.48. The van der Waals surface area contributed by atoms with Crippen LogP contribution in [0.2, 0.25) is 0 Å². The van der Waals surface area contributed by atoms with Crippen LogP contribution in [0.5, 0.6) is 0 Å². The van der Waals surface area contributed by atoms with Gasteiger partial charge >= 0.3 is 0 Å². The molecule has 1 atom stereocenters. The van der Waals surface area contributed by atoms with Gasteiger partial charge in [0.2, 0.25) is 0 Å². The standard InChI is InChI=1S/C12H21N3/c1-4-8-15-9-13-10-6-7-14-12(3,5-2)11(10)15/h9,14H,4-8H2,1-3H3. The van der Waals surface area contributed by atoms with Crippen LogP contribution in [0.15, 0.2) is 6.33 Å². The average molecular weight is 207 g/mol. The Bertz CT molecular complexity index is 343. The minimum atomic E-state index is 0.124. The van der Waals surface area contributed by atoms with Gasteiger partial charge < -0.3 is 9.88 Å². The van der Waals surface area contributed by atoms with Crippen molar-refractivity contribution in [2.45, 2.75) is 52.1 Å². The first-order valence-electron chi connectivity index (χ1n) is 6.00. The van der Waals surface area contributed by atoms with Crippen molar-refractivity contribution in [2.75, 3.05) is 6.54 Å². The third kappa shape index (κ3) is 1.69. The number of fused-ring (bicyclic) bond motifs is 1. The van der Waals surface area contributed by atoms with Gasteiger partial charge in [-0.3, -0.25) is 0 Å². The third-order valence-corrected chi connectivity index (χ3v) is 3.48. The molecule has 2 rings (SSSR count). The van der Waals surface area contributed by atoms with Crippen LogP contribution < -0.4 is 5.32 Å². The Hall–Kier alpha value is -0.830. The summed E-state index contributed by atoms with van der Waals surface area (Å²) in [6.45, 7) is 8.89.